The molecule has 0 spiro atoms. The predicted molar refractivity (Wildman–Crippen MR) is 51.7 cm³/mol. The molecule has 0 aliphatic heterocycles. The highest BCUT2D eigenvalue weighted by Crippen LogP contribution is 2.00. The van der Waals surface area contributed by atoms with Gasteiger partial charge in [0.25, 0.3) is 0 Å². The quantitative estimate of drug-likeness (QED) is 0.461. The van der Waals surface area contributed by atoms with Gasteiger partial charge in [0.2, 0.25) is 5.91 Å². The maximum Gasteiger partial charge on any atom is 0.217 e. The molecule has 2 nitrogen and oxygen atoms in total. The van der Waals surface area contributed by atoms with Gasteiger partial charge in [-0.3, -0.25) is 4.79 Å². The molecule has 0 rings (SSSR count). The lowest BCUT2D eigenvalue weighted by atomic mass is 10.2. The van der Waals surface area contributed by atoms with Crippen molar-refractivity contribution in [1.29, 1.82) is 0 Å². The van der Waals surface area contributed by atoms with E-state index in [2.05, 4.69) is 13.0 Å². The van der Waals surface area contributed by atoms with E-state index in [0.717, 1.165) is 12.8 Å². The summed E-state index contributed by atoms with van der Waals surface area (Å²) in [6.07, 6.45) is 10.4. The van der Waals surface area contributed by atoms with Gasteiger partial charge in [0.05, 0.1) is 0 Å². The Labute approximate surface area is 74.8 Å². The molecular formula is C10H19NO. The molecule has 0 aliphatic carbocycles. The van der Waals surface area contributed by atoms with Crippen molar-refractivity contribution in [3.05, 3.63) is 12.2 Å². The molecule has 0 heterocycles. The molecule has 2 heteroatoms. The van der Waals surface area contributed by atoms with Crippen molar-refractivity contribution in [2.75, 3.05) is 0 Å². The SMILES string of the molecule is CCCCC/C=C/CCC(N)=O. The molecule has 0 aromatic heterocycles. The van der Waals surface area contributed by atoms with Crippen LogP contribution < -0.4 is 5.73 Å². The average molecular weight is 169 g/mol. The minimum absolute atomic E-state index is 0.215. The van der Waals surface area contributed by atoms with Gasteiger partial charge in [0, 0.05) is 6.42 Å². The van der Waals surface area contributed by atoms with Crippen LogP contribution in [0.4, 0.5) is 0 Å². The number of allylic oxidation sites excluding steroid dienone is 2. The van der Waals surface area contributed by atoms with Crippen molar-refractivity contribution < 1.29 is 4.79 Å². The van der Waals surface area contributed by atoms with Crippen molar-refractivity contribution in [2.45, 2.75) is 45.4 Å². The first kappa shape index (κ1) is 11.2. The molecule has 0 atom stereocenters. The molecule has 0 saturated carbocycles. The van der Waals surface area contributed by atoms with E-state index in [1.807, 2.05) is 6.08 Å². The van der Waals surface area contributed by atoms with Crippen LogP contribution in [-0.2, 0) is 4.79 Å². The Morgan fingerprint density at radius 1 is 1.25 bits per heavy atom. The monoisotopic (exact) mass is 169 g/mol. The van der Waals surface area contributed by atoms with Crippen LogP contribution in [0.25, 0.3) is 0 Å². The summed E-state index contributed by atoms with van der Waals surface area (Å²) in [4.78, 5) is 10.3. The maximum absolute atomic E-state index is 10.3. The third-order valence-corrected chi connectivity index (χ3v) is 1.70. The molecule has 0 bridgehead atoms. The van der Waals surface area contributed by atoms with Crippen molar-refractivity contribution in [3.63, 3.8) is 0 Å². The zero-order chi connectivity index (χ0) is 9.23. The number of carbonyl (C=O) groups is 1. The number of unbranched alkanes of at least 4 members (excludes halogenated alkanes) is 3. The zero-order valence-electron chi connectivity index (χ0n) is 7.88. The van der Waals surface area contributed by atoms with Crippen LogP contribution in [0.15, 0.2) is 12.2 Å². The minimum atomic E-state index is -0.215. The number of primary amides is 1. The molecule has 2 N–H and O–H groups in total. The zero-order valence-corrected chi connectivity index (χ0v) is 7.88. The van der Waals surface area contributed by atoms with E-state index >= 15 is 0 Å². The van der Waals surface area contributed by atoms with E-state index in [4.69, 9.17) is 5.73 Å². The van der Waals surface area contributed by atoms with Gasteiger partial charge in [-0.1, -0.05) is 31.9 Å². The third kappa shape index (κ3) is 9.21. The number of amides is 1. The molecular weight excluding hydrogens is 150 g/mol. The summed E-state index contributed by atoms with van der Waals surface area (Å²) in [5.74, 6) is -0.215. The highest BCUT2D eigenvalue weighted by Gasteiger charge is 1.88. The topological polar surface area (TPSA) is 43.1 Å². The fraction of sp³-hybridized carbons (Fsp3) is 0.700. The first-order valence-electron chi connectivity index (χ1n) is 4.70. The Kier molecular flexibility index (Phi) is 7.76. The molecule has 0 saturated heterocycles. The molecule has 70 valence electrons. The van der Waals surface area contributed by atoms with Crippen molar-refractivity contribution in [2.24, 2.45) is 5.73 Å². The minimum Gasteiger partial charge on any atom is -0.370 e. The number of hydrogen-bond acceptors (Lipinski definition) is 1. The summed E-state index contributed by atoms with van der Waals surface area (Å²) in [6.45, 7) is 2.19. The smallest absolute Gasteiger partial charge is 0.217 e. The summed E-state index contributed by atoms with van der Waals surface area (Å²) in [7, 11) is 0. The van der Waals surface area contributed by atoms with Gasteiger partial charge in [0.15, 0.2) is 0 Å². The van der Waals surface area contributed by atoms with Gasteiger partial charge in [-0.2, -0.15) is 0 Å². The normalized spacial score (nSPS) is 10.8. The molecule has 0 aliphatic rings. The molecule has 0 aromatic carbocycles. The second-order valence-corrected chi connectivity index (χ2v) is 2.97. The number of rotatable bonds is 7. The van der Waals surface area contributed by atoms with Crippen LogP contribution in [0.5, 0.6) is 0 Å². The second kappa shape index (κ2) is 8.31. The van der Waals surface area contributed by atoms with E-state index in [0.29, 0.717) is 6.42 Å². The molecule has 1 amide bonds. The lowest BCUT2D eigenvalue weighted by molar-refractivity contribution is -0.117. The summed E-state index contributed by atoms with van der Waals surface area (Å²) in [5, 5.41) is 0. The van der Waals surface area contributed by atoms with Gasteiger partial charge in [0.1, 0.15) is 0 Å². The fourth-order valence-corrected chi connectivity index (χ4v) is 0.973. The average Bonchev–Trinajstić information content (AvgIpc) is 2.02. The Hall–Kier alpha value is -0.790. The van der Waals surface area contributed by atoms with Gasteiger partial charge < -0.3 is 5.73 Å². The van der Waals surface area contributed by atoms with Crippen LogP contribution in [0.1, 0.15) is 45.4 Å². The third-order valence-electron chi connectivity index (χ3n) is 1.70. The van der Waals surface area contributed by atoms with E-state index in [1.54, 1.807) is 0 Å². The standard InChI is InChI=1S/C10H19NO/c1-2-3-4-5-6-7-8-9-10(11)12/h6-7H,2-5,8-9H2,1H3,(H2,11,12)/b7-6+. The first-order chi connectivity index (χ1) is 5.77. The molecule has 0 unspecified atom stereocenters. The van der Waals surface area contributed by atoms with Crippen LogP contribution >= 0.6 is 0 Å². The van der Waals surface area contributed by atoms with Gasteiger partial charge in [-0.05, 0) is 19.3 Å². The Morgan fingerprint density at radius 3 is 2.50 bits per heavy atom. The van der Waals surface area contributed by atoms with Crippen molar-refractivity contribution in [1.82, 2.24) is 0 Å². The highest BCUT2D eigenvalue weighted by atomic mass is 16.1. The lowest BCUT2D eigenvalue weighted by Crippen LogP contribution is -2.08. The number of hydrogen-bond donors (Lipinski definition) is 1. The maximum atomic E-state index is 10.3. The number of nitrogens with two attached hydrogens (primary N) is 1. The van der Waals surface area contributed by atoms with Crippen LogP contribution in [-0.4, -0.2) is 5.91 Å². The highest BCUT2D eigenvalue weighted by molar-refractivity contribution is 5.73. The number of carbonyl (C=O) groups excluding carboxylic acids is 1. The fourth-order valence-electron chi connectivity index (χ4n) is 0.973. The van der Waals surface area contributed by atoms with E-state index in [9.17, 15) is 4.79 Å². The Morgan fingerprint density at radius 2 is 1.92 bits per heavy atom. The molecule has 0 aromatic rings. The van der Waals surface area contributed by atoms with Gasteiger partial charge in [-0.25, -0.2) is 0 Å². The largest absolute Gasteiger partial charge is 0.370 e. The summed E-state index contributed by atoms with van der Waals surface area (Å²) in [5.41, 5.74) is 4.98. The lowest BCUT2D eigenvalue weighted by Gasteiger charge is -1.91. The van der Waals surface area contributed by atoms with E-state index in [1.165, 1.54) is 19.3 Å². The van der Waals surface area contributed by atoms with Crippen molar-refractivity contribution in [3.8, 4) is 0 Å². The van der Waals surface area contributed by atoms with Gasteiger partial charge >= 0.3 is 0 Å². The summed E-state index contributed by atoms with van der Waals surface area (Å²) < 4.78 is 0. The van der Waals surface area contributed by atoms with Crippen LogP contribution in [0.2, 0.25) is 0 Å². The van der Waals surface area contributed by atoms with E-state index in [-0.39, 0.29) is 5.91 Å². The Balaban J connectivity index is 3.09. The summed E-state index contributed by atoms with van der Waals surface area (Å²) in [6, 6.07) is 0. The molecule has 0 fully saturated rings. The van der Waals surface area contributed by atoms with Crippen LogP contribution in [0.3, 0.4) is 0 Å². The van der Waals surface area contributed by atoms with Crippen LogP contribution in [0, 0.1) is 0 Å². The molecule has 12 heavy (non-hydrogen) atoms. The molecule has 0 radical (unpaired) electrons. The van der Waals surface area contributed by atoms with E-state index < -0.39 is 0 Å². The van der Waals surface area contributed by atoms with Crippen molar-refractivity contribution >= 4 is 5.91 Å². The summed E-state index contributed by atoms with van der Waals surface area (Å²) >= 11 is 0. The Bertz CT molecular complexity index is 141. The first-order valence-corrected chi connectivity index (χ1v) is 4.70. The second-order valence-electron chi connectivity index (χ2n) is 2.97. The van der Waals surface area contributed by atoms with Gasteiger partial charge in [-0.15, -0.1) is 0 Å². The predicted octanol–water partition coefficient (Wildman–Crippen LogP) is 2.39.